The summed E-state index contributed by atoms with van der Waals surface area (Å²) in [5.41, 5.74) is 5.86. The molecule has 3 N–H and O–H groups in total. The Morgan fingerprint density at radius 3 is 2.43 bits per heavy atom. The molecule has 2 fully saturated rings. The number of nitrogens with one attached hydrogen (secondary N) is 1. The van der Waals surface area contributed by atoms with Gasteiger partial charge in [0.05, 0.1) is 6.61 Å². The van der Waals surface area contributed by atoms with E-state index in [0.717, 1.165) is 38.8 Å². The monoisotopic (exact) mass is 325 g/mol. The Morgan fingerprint density at radius 2 is 1.83 bits per heavy atom. The molecule has 2 heterocycles. The molecule has 0 aliphatic carbocycles. The van der Waals surface area contributed by atoms with Gasteiger partial charge in [-0.25, -0.2) is 9.79 Å². The van der Waals surface area contributed by atoms with Gasteiger partial charge in [-0.15, -0.1) is 0 Å². The van der Waals surface area contributed by atoms with E-state index in [0.29, 0.717) is 25.7 Å². The standard InChI is InChI=1S/C15H27N5O3/c1-2-23-15(22)20-9-5-12(6-10-20)18-14(16)17-11-13(21)19-7-3-4-8-19/h12H,2-11H2,1H3,(H3,16,17,18). The third-order valence-corrected chi connectivity index (χ3v) is 4.22. The van der Waals surface area contributed by atoms with E-state index in [1.807, 2.05) is 4.90 Å². The first-order chi connectivity index (χ1) is 11.1. The number of ether oxygens (including phenoxy) is 1. The van der Waals surface area contributed by atoms with Crippen LogP contribution in [0.3, 0.4) is 0 Å². The number of carbonyl (C=O) groups excluding carboxylic acids is 2. The number of rotatable bonds is 4. The van der Waals surface area contributed by atoms with Gasteiger partial charge in [0.15, 0.2) is 5.96 Å². The number of hydrogen-bond donors (Lipinski definition) is 2. The van der Waals surface area contributed by atoms with Gasteiger partial charge in [-0.2, -0.15) is 0 Å². The van der Waals surface area contributed by atoms with E-state index < -0.39 is 0 Å². The van der Waals surface area contributed by atoms with Crippen LogP contribution in [0.15, 0.2) is 4.99 Å². The van der Waals surface area contributed by atoms with Crippen molar-refractivity contribution in [2.45, 2.75) is 38.6 Å². The number of piperidine rings is 1. The molecule has 2 amide bonds. The van der Waals surface area contributed by atoms with Crippen LogP contribution in [0.5, 0.6) is 0 Å². The summed E-state index contributed by atoms with van der Waals surface area (Å²) in [7, 11) is 0. The number of aliphatic imine (C=N–C) groups is 1. The van der Waals surface area contributed by atoms with Crippen molar-refractivity contribution in [3.8, 4) is 0 Å². The molecular formula is C15H27N5O3. The molecule has 130 valence electrons. The van der Waals surface area contributed by atoms with Crippen molar-refractivity contribution in [3.63, 3.8) is 0 Å². The molecule has 8 heteroatoms. The maximum atomic E-state index is 11.9. The minimum atomic E-state index is -0.260. The molecule has 2 aliphatic heterocycles. The van der Waals surface area contributed by atoms with Crippen molar-refractivity contribution in [2.75, 3.05) is 39.3 Å². The van der Waals surface area contributed by atoms with E-state index in [9.17, 15) is 9.59 Å². The lowest BCUT2D eigenvalue weighted by atomic mass is 10.1. The Balaban J connectivity index is 1.69. The smallest absolute Gasteiger partial charge is 0.409 e. The molecule has 0 aromatic carbocycles. The van der Waals surface area contributed by atoms with Gasteiger partial charge < -0.3 is 25.6 Å². The molecule has 8 nitrogen and oxygen atoms in total. The van der Waals surface area contributed by atoms with Crippen molar-refractivity contribution < 1.29 is 14.3 Å². The molecule has 0 aromatic heterocycles. The van der Waals surface area contributed by atoms with E-state index in [-0.39, 0.29) is 24.6 Å². The fraction of sp³-hybridized carbons (Fsp3) is 0.800. The minimum absolute atomic E-state index is 0.0318. The Labute approximate surface area is 137 Å². The topological polar surface area (TPSA) is 100 Å². The quantitative estimate of drug-likeness (QED) is 0.565. The molecule has 0 unspecified atom stereocenters. The van der Waals surface area contributed by atoms with Crippen molar-refractivity contribution in [3.05, 3.63) is 0 Å². The van der Waals surface area contributed by atoms with Crippen molar-refractivity contribution in [1.82, 2.24) is 15.1 Å². The van der Waals surface area contributed by atoms with Crippen molar-refractivity contribution in [1.29, 1.82) is 0 Å². The number of nitrogens with zero attached hydrogens (tertiary/aromatic N) is 3. The molecule has 0 aromatic rings. The summed E-state index contributed by atoms with van der Waals surface area (Å²) in [4.78, 5) is 31.2. The Morgan fingerprint density at radius 1 is 1.17 bits per heavy atom. The lowest BCUT2D eigenvalue weighted by molar-refractivity contribution is -0.128. The van der Waals surface area contributed by atoms with Crippen molar-refractivity contribution in [2.24, 2.45) is 10.7 Å². The summed E-state index contributed by atoms with van der Waals surface area (Å²) in [5.74, 6) is 0.330. The molecular weight excluding hydrogens is 298 g/mol. The zero-order valence-corrected chi connectivity index (χ0v) is 13.8. The maximum Gasteiger partial charge on any atom is 0.409 e. The van der Waals surface area contributed by atoms with Gasteiger partial charge in [-0.05, 0) is 32.6 Å². The second kappa shape index (κ2) is 8.59. The Bertz CT molecular complexity index is 440. The van der Waals surface area contributed by atoms with Crippen LogP contribution >= 0.6 is 0 Å². The van der Waals surface area contributed by atoms with E-state index in [1.165, 1.54) is 0 Å². The number of guanidine groups is 1. The second-order valence-electron chi connectivity index (χ2n) is 5.89. The zero-order valence-electron chi connectivity index (χ0n) is 13.8. The van der Waals surface area contributed by atoms with Crippen LogP contribution in [-0.4, -0.2) is 73.1 Å². The average Bonchev–Trinajstić information content (AvgIpc) is 3.08. The van der Waals surface area contributed by atoms with Crippen LogP contribution in [0.1, 0.15) is 32.6 Å². The highest BCUT2D eigenvalue weighted by molar-refractivity contribution is 5.84. The third kappa shape index (κ3) is 5.30. The van der Waals surface area contributed by atoms with Crippen LogP contribution < -0.4 is 11.1 Å². The van der Waals surface area contributed by atoms with Crippen LogP contribution in [-0.2, 0) is 9.53 Å². The van der Waals surface area contributed by atoms with Gasteiger partial charge in [-0.3, -0.25) is 4.79 Å². The first-order valence-electron chi connectivity index (χ1n) is 8.36. The minimum Gasteiger partial charge on any atom is -0.450 e. The van der Waals surface area contributed by atoms with Gasteiger partial charge in [0.1, 0.15) is 6.54 Å². The molecule has 0 radical (unpaired) electrons. The number of nitrogens with two attached hydrogens (primary N) is 1. The van der Waals surface area contributed by atoms with Gasteiger partial charge >= 0.3 is 6.09 Å². The molecule has 0 bridgehead atoms. The third-order valence-electron chi connectivity index (χ3n) is 4.22. The normalized spacial score (nSPS) is 19.8. The highest BCUT2D eigenvalue weighted by Gasteiger charge is 2.24. The summed E-state index contributed by atoms with van der Waals surface area (Å²) < 4.78 is 4.99. The molecule has 0 atom stereocenters. The first kappa shape index (κ1) is 17.4. The van der Waals surface area contributed by atoms with Gasteiger partial charge in [0.25, 0.3) is 0 Å². The second-order valence-corrected chi connectivity index (χ2v) is 5.89. The number of hydrogen-bond acceptors (Lipinski definition) is 4. The number of carbonyl (C=O) groups is 2. The molecule has 2 rings (SSSR count). The molecule has 23 heavy (non-hydrogen) atoms. The molecule has 2 saturated heterocycles. The summed E-state index contributed by atoms with van der Waals surface area (Å²) in [5, 5.41) is 3.13. The number of amides is 2. The molecule has 2 aliphatic rings. The summed E-state index contributed by atoms with van der Waals surface area (Å²) in [6.45, 7) is 5.21. The largest absolute Gasteiger partial charge is 0.450 e. The fourth-order valence-electron chi connectivity index (χ4n) is 2.90. The first-order valence-corrected chi connectivity index (χ1v) is 8.36. The molecule has 0 saturated carbocycles. The Hall–Kier alpha value is -1.99. The highest BCUT2D eigenvalue weighted by atomic mass is 16.6. The maximum absolute atomic E-state index is 11.9. The van der Waals surface area contributed by atoms with E-state index in [4.69, 9.17) is 10.5 Å². The lowest BCUT2D eigenvalue weighted by Gasteiger charge is -2.31. The molecule has 0 spiro atoms. The van der Waals surface area contributed by atoms with Gasteiger partial charge in [0.2, 0.25) is 5.91 Å². The number of likely N-dealkylation sites (tertiary alicyclic amines) is 2. The predicted molar refractivity (Wildman–Crippen MR) is 87.1 cm³/mol. The average molecular weight is 325 g/mol. The zero-order chi connectivity index (χ0) is 16.7. The Kier molecular flexibility index (Phi) is 6.49. The van der Waals surface area contributed by atoms with Gasteiger partial charge in [0, 0.05) is 32.2 Å². The van der Waals surface area contributed by atoms with Crippen LogP contribution in [0.4, 0.5) is 4.79 Å². The van der Waals surface area contributed by atoms with Crippen LogP contribution in [0.2, 0.25) is 0 Å². The van der Waals surface area contributed by atoms with Crippen LogP contribution in [0.25, 0.3) is 0 Å². The van der Waals surface area contributed by atoms with Crippen LogP contribution in [0, 0.1) is 0 Å². The van der Waals surface area contributed by atoms with Gasteiger partial charge in [-0.1, -0.05) is 0 Å². The van der Waals surface area contributed by atoms with E-state index in [1.54, 1.807) is 11.8 Å². The van der Waals surface area contributed by atoms with E-state index >= 15 is 0 Å². The predicted octanol–water partition coefficient (Wildman–Crippen LogP) is 0.134. The summed E-state index contributed by atoms with van der Waals surface area (Å²) >= 11 is 0. The highest BCUT2D eigenvalue weighted by Crippen LogP contribution is 2.11. The van der Waals surface area contributed by atoms with E-state index in [2.05, 4.69) is 10.3 Å². The lowest BCUT2D eigenvalue weighted by Crippen LogP contribution is -2.48. The summed E-state index contributed by atoms with van der Waals surface area (Å²) in [6, 6.07) is 0.173. The van der Waals surface area contributed by atoms with Crippen molar-refractivity contribution >= 4 is 18.0 Å². The summed E-state index contributed by atoms with van der Waals surface area (Å²) in [6.07, 6.45) is 3.46. The fourth-order valence-corrected chi connectivity index (χ4v) is 2.90. The SMILES string of the molecule is CCOC(=O)N1CCC(NC(N)=NCC(=O)N2CCCC2)CC1.